The number of aromatic nitrogens is 1. The summed E-state index contributed by atoms with van der Waals surface area (Å²) in [5, 5.41) is 10.8. The molecule has 3 heterocycles. The van der Waals surface area contributed by atoms with Crippen LogP contribution in [-0.4, -0.2) is 60.6 Å². The molecule has 10 heteroatoms. The predicted octanol–water partition coefficient (Wildman–Crippen LogP) is 7.77. The molecule has 49 heavy (non-hydrogen) atoms. The van der Waals surface area contributed by atoms with Gasteiger partial charge in [-0.15, -0.1) is 0 Å². The first kappa shape index (κ1) is 36.5. The topological polar surface area (TPSA) is 94.0 Å². The van der Waals surface area contributed by atoms with Crippen LogP contribution in [0.2, 0.25) is 0 Å². The summed E-state index contributed by atoms with van der Waals surface area (Å²) < 4.78 is 0. The van der Waals surface area contributed by atoms with E-state index < -0.39 is 0 Å². The minimum Gasteiger partial charge on any atom is -0.352 e. The molecule has 8 nitrogen and oxygen atoms in total. The van der Waals surface area contributed by atoms with Crippen molar-refractivity contribution in [3.05, 3.63) is 117 Å². The Kier molecular flexibility index (Phi) is 14.4. The molecule has 0 radical (unpaired) electrons. The quantitative estimate of drug-likeness (QED) is 0.197. The van der Waals surface area contributed by atoms with E-state index in [1.54, 1.807) is 0 Å². The van der Waals surface area contributed by atoms with Crippen molar-refractivity contribution in [2.45, 2.75) is 64.5 Å². The van der Waals surface area contributed by atoms with Gasteiger partial charge in [0.2, 0.25) is 5.91 Å². The molecule has 1 amide bonds. The number of anilines is 1. The number of amides is 1. The van der Waals surface area contributed by atoms with Crippen molar-refractivity contribution >= 4 is 46.8 Å². The highest BCUT2D eigenvalue weighted by atomic mass is 35.5. The van der Waals surface area contributed by atoms with Crippen LogP contribution in [0.15, 0.2) is 110 Å². The first-order valence-electron chi connectivity index (χ1n) is 17.4. The van der Waals surface area contributed by atoms with Gasteiger partial charge in [0.15, 0.2) is 0 Å². The van der Waals surface area contributed by atoms with E-state index in [-0.39, 0.29) is 5.91 Å². The number of carbonyl (C=O) groups is 1. The van der Waals surface area contributed by atoms with Crippen LogP contribution in [0.3, 0.4) is 0 Å². The van der Waals surface area contributed by atoms with Gasteiger partial charge in [-0.3, -0.25) is 24.7 Å². The first-order chi connectivity index (χ1) is 24.0. The number of amidine groups is 1. The molecule has 2 aliphatic heterocycles. The van der Waals surface area contributed by atoms with Crippen LogP contribution in [0, 0.1) is 0 Å². The van der Waals surface area contributed by atoms with Gasteiger partial charge in [0.1, 0.15) is 5.84 Å². The zero-order valence-corrected chi connectivity index (χ0v) is 29.8. The number of benzene rings is 1. The van der Waals surface area contributed by atoms with Crippen molar-refractivity contribution < 1.29 is 4.79 Å². The van der Waals surface area contributed by atoms with Gasteiger partial charge in [-0.05, 0) is 67.5 Å². The second kappa shape index (κ2) is 19.4. The van der Waals surface area contributed by atoms with Gasteiger partial charge in [0.05, 0.1) is 23.3 Å². The molecule has 2 aromatic rings. The number of nitrogens with zero attached hydrogens (tertiary/aromatic N) is 4. The molecule has 0 saturated carbocycles. The van der Waals surface area contributed by atoms with E-state index in [4.69, 9.17) is 28.2 Å². The SMILES string of the molecule is CCN(CCNCCC1=NCc2ccccc2N1)C1CCCc2cccnc21.O=C(NCCC1=CCC=CC=C1)C1=C(Cl)C=NC=C(Cl)C1. The lowest BCUT2D eigenvalue weighted by Crippen LogP contribution is -2.37. The summed E-state index contributed by atoms with van der Waals surface area (Å²) in [6.07, 6.45) is 21.8. The molecule has 1 aromatic heterocycles. The van der Waals surface area contributed by atoms with Crippen molar-refractivity contribution in [3.8, 4) is 0 Å². The fourth-order valence-corrected chi connectivity index (χ4v) is 6.71. The number of nitrogens with one attached hydrogen (secondary N) is 3. The molecule has 258 valence electrons. The van der Waals surface area contributed by atoms with Crippen LogP contribution in [0.4, 0.5) is 5.69 Å². The number of hydrogen-bond acceptors (Lipinski definition) is 7. The summed E-state index contributed by atoms with van der Waals surface area (Å²) in [6, 6.07) is 13.2. The standard InChI is InChI=1S/C23H31N5.C16H16Cl2N2O/c1-2-28(21-11-5-8-18-9-6-13-25-23(18)21)16-15-24-14-12-22-26-17-19-7-3-4-10-20(19)27-22;17-13-9-14(15(18)11-19-10-13)16(21)20-8-7-12-5-3-1-2-4-6-12/h3-4,6-7,9-10,13,21,24H,2,5,8,11-12,14-17H2,1H3,(H,26,27);1-3,5-6,10-11H,4,7-9H2,(H,20,21). The Bertz CT molecular complexity index is 1660. The molecule has 0 spiro atoms. The normalized spacial score (nSPS) is 18.1. The smallest absolute Gasteiger partial charge is 0.249 e. The van der Waals surface area contributed by atoms with Crippen LogP contribution in [0.5, 0.6) is 0 Å². The number of para-hydroxylation sites is 1. The van der Waals surface area contributed by atoms with Gasteiger partial charge >= 0.3 is 0 Å². The highest BCUT2D eigenvalue weighted by Crippen LogP contribution is 2.32. The number of allylic oxidation sites excluding steroid dienone is 7. The molecular weight excluding hydrogens is 653 g/mol. The van der Waals surface area contributed by atoms with Gasteiger partial charge in [-0.2, -0.15) is 0 Å². The monoisotopic (exact) mass is 699 g/mol. The molecular formula is C39H47Cl2N7O. The van der Waals surface area contributed by atoms with Crippen molar-refractivity contribution in [3.63, 3.8) is 0 Å². The van der Waals surface area contributed by atoms with E-state index in [1.807, 2.05) is 18.3 Å². The third-order valence-electron chi connectivity index (χ3n) is 8.95. The molecule has 0 fully saturated rings. The van der Waals surface area contributed by atoms with Gasteiger partial charge in [-0.25, -0.2) is 0 Å². The Morgan fingerprint density at radius 3 is 2.84 bits per heavy atom. The van der Waals surface area contributed by atoms with Crippen molar-refractivity contribution in [2.75, 3.05) is 38.0 Å². The lowest BCUT2D eigenvalue weighted by molar-refractivity contribution is -0.117. The maximum atomic E-state index is 12.2. The molecule has 4 aliphatic rings. The van der Waals surface area contributed by atoms with E-state index >= 15 is 0 Å². The summed E-state index contributed by atoms with van der Waals surface area (Å²) in [5.41, 5.74) is 6.88. The minimum atomic E-state index is -0.198. The van der Waals surface area contributed by atoms with E-state index in [0.29, 0.717) is 34.6 Å². The number of halogens is 2. The molecule has 1 aromatic carbocycles. The Morgan fingerprint density at radius 1 is 1.06 bits per heavy atom. The van der Waals surface area contributed by atoms with Crippen LogP contribution in [-0.2, 0) is 17.8 Å². The van der Waals surface area contributed by atoms with Crippen LogP contribution >= 0.6 is 23.2 Å². The third-order valence-corrected chi connectivity index (χ3v) is 9.50. The van der Waals surface area contributed by atoms with Crippen LogP contribution < -0.4 is 16.0 Å². The number of carbonyl (C=O) groups excluding carboxylic acids is 1. The summed E-state index contributed by atoms with van der Waals surface area (Å²) in [6.45, 7) is 7.67. The third kappa shape index (κ3) is 11.1. The number of fused-ring (bicyclic) bond motifs is 2. The lowest BCUT2D eigenvalue weighted by atomic mass is 9.91. The molecule has 1 atom stereocenters. The minimum absolute atomic E-state index is 0.198. The zero-order chi connectivity index (χ0) is 34.3. The Hall–Kier alpha value is -3.82. The summed E-state index contributed by atoms with van der Waals surface area (Å²) in [5.74, 6) is 0.889. The van der Waals surface area contributed by atoms with Gasteiger partial charge in [0.25, 0.3) is 0 Å². The summed E-state index contributed by atoms with van der Waals surface area (Å²) in [7, 11) is 0. The second-order valence-electron chi connectivity index (χ2n) is 12.3. The number of rotatable bonds is 12. The van der Waals surface area contributed by atoms with Crippen molar-refractivity contribution in [1.29, 1.82) is 0 Å². The average molecular weight is 701 g/mol. The Labute approximate surface area is 300 Å². The van der Waals surface area contributed by atoms with Gasteiger partial charge in [-0.1, -0.05) is 84.8 Å². The number of pyridine rings is 1. The molecule has 3 N–H and O–H groups in total. The van der Waals surface area contributed by atoms with E-state index in [9.17, 15) is 4.79 Å². The number of likely N-dealkylation sites (N-methyl/N-ethyl adjacent to an activating group) is 1. The van der Waals surface area contributed by atoms with E-state index in [2.05, 4.69) is 92.4 Å². The first-order valence-corrected chi connectivity index (χ1v) is 18.1. The Morgan fingerprint density at radius 2 is 1.94 bits per heavy atom. The lowest BCUT2D eigenvalue weighted by Gasteiger charge is -2.34. The number of aliphatic imine (C=N–C) groups is 2. The molecule has 6 rings (SSSR count). The van der Waals surface area contributed by atoms with E-state index in [0.717, 1.165) is 57.8 Å². The van der Waals surface area contributed by atoms with Gasteiger partial charge < -0.3 is 16.0 Å². The summed E-state index contributed by atoms with van der Waals surface area (Å²) >= 11 is 12.0. The fraction of sp³-hybridized carbons (Fsp3) is 0.385. The zero-order valence-electron chi connectivity index (χ0n) is 28.3. The Balaban J connectivity index is 0.000000200. The molecule has 1 unspecified atom stereocenters. The number of aryl methyl sites for hydroxylation is 1. The molecule has 2 aliphatic carbocycles. The van der Waals surface area contributed by atoms with Crippen molar-refractivity contribution in [2.24, 2.45) is 9.98 Å². The maximum Gasteiger partial charge on any atom is 0.249 e. The average Bonchev–Trinajstić information content (AvgIpc) is 3.50. The fourth-order valence-electron chi connectivity index (χ4n) is 6.31. The van der Waals surface area contributed by atoms with Crippen LogP contribution in [0.25, 0.3) is 0 Å². The molecule has 0 bridgehead atoms. The largest absolute Gasteiger partial charge is 0.352 e. The number of hydrogen-bond donors (Lipinski definition) is 3. The van der Waals surface area contributed by atoms with E-state index in [1.165, 1.54) is 59.8 Å². The second-order valence-corrected chi connectivity index (χ2v) is 13.2. The summed E-state index contributed by atoms with van der Waals surface area (Å²) in [4.78, 5) is 28.0. The molecule has 0 saturated heterocycles. The predicted molar refractivity (Wildman–Crippen MR) is 204 cm³/mol. The van der Waals surface area contributed by atoms with Gasteiger partial charge in [0, 0.05) is 73.9 Å². The van der Waals surface area contributed by atoms with Crippen molar-refractivity contribution in [1.82, 2.24) is 20.5 Å². The highest BCUT2D eigenvalue weighted by molar-refractivity contribution is 6.42. The van der Waals surface area contributed by atoms with Crippen LogP contribution in [0.1, 0.15) is 68.3 Å². The highest BCUT2D eigenvalue weighted by Gasteiger charge is 2.26. The maximum absolute atomic E-state index is 12.2.